The van der Waals surface area contributed by atoms with Crippen LogP contribution in [0.5, 0.6) is 0 Å². The molecule has 0 aromatic heterocycles. The second kappa shape index (κ2) is 6.55. The minimum Gasteiger partial charge on any atom is -0.327 e. The Bertz CT molecular complexity index is 353. The van der Waals surface area contributed by atoms with Gasteiger partial charge in [0.25, 0.3) is 0 Å². The lowest BCUT2D eigenvalue weighted by Gasteiger charge is -2.08. The van der Waals surface area contributed by atoms with Gasteiger partial charge in [-0.05, 0) is 25.5 Å². The van der Waals surface area contributed by atoms with Gasteiger partial charge in [-0.2, -0.15) is 11.8 Å². The van der Waals surface area contributed by atoms with Crippen LogP contribution in [0, 0.1) is 6.92 Å². The zero-order valence-corrected chi connectivity index (χ0v) is 10.5. The molecule has 1 atom stereocenters. The van der Waals surface area contributed by atoms with E-state index in [0.29, 0.717) is 5.75 Å². The summed E-state index contributed by atoms with van der Waals surface area (Å²) in [6.45, 7) is 3.91. The van der Waals surface area contributed by atoms with Crippen molar-refractivity contribution in [3.8, 4) is 0 Å². The number of amides is 1. The molecule has 0 bridgehead atoms. The molecule has 16 heavy (non-hydrogen) atoms. The molecule has 0 saturated heterocycles. The topological polar surface area (TPSA) is 55.1 Å². The summed E-state index contributed by atoms with van der Waals surface area (Å²) in [4.78, 5) is 11.6. The lowest BCUT2D eigenvalue weighted by molar-refractivity contribution is -0.113. The number of carbonyl (C=O) groups is 1. The van der Waals surface area contributed by atoms with Gasteiger partial charge in [0.05, 0.1) is 5.75 Å². The monoisotopic (exact) mass is 238 g/mol. The molecule has 1 rings (SSSR count). The van der Waals surface area contributed by atoms with Crippen LogP contribution in [0.4, 0.5) is 5.69 Å². The van der Waals surface area contributed by atoms with E-state index >= 15 is 0 Å². The second-order valence-corrected chi connectivity index (χ2v) is 4.89. The van der Waals surface area contributed by atoms with Gasteiger partial charge in [0.1, 0.15) is 0 Å². The number of hydrogen-bond acceptors (Lipinski definition) is 3. The molecule has 88 valence electrons. The fourth-order valence-electron chi connectivity index (χ4n) is 1.24. The van der Waals surface area contributed by atoms with E-state index in [9.17, 15) is 4.79 Å². The van der Waals surface area contributed by atoms with E-state index in [1.165, 1.54) is 0 Å². The van der Waals surface area contributed by atoms with Gasteiger partial charge < -0.3 is 11.1 Å². The maximum atomic E-state index is 11.6. The van der Waals surface area contributed by atoms with Crippen molar-refractivity contribution in [2.45, 2.75) is 19.9 Å². The van der Waals surface area contributed by atoms with Crippen LogP contribution in [0.2, 0.25) is 0 Å². The minimum absolute atomic E-state index is 0.0277. The summed E-state index contributed by atoms with van der Waals surface area (Å²) in [5.41, 5.74) is 7.56. The van der Waals surface area contributed by atoms with Crippen LogP contribution in [0.25, 0.3) is 0 Å². The fraction of sp³-hybridized carbons (Fsp3) is 0.417. The average Bonchev–Trinajstić information content (AvgIpc) is 2.21. The second-order valence-electron chi connectivity index (χ2n) is 3.86. The van der Waals surface area contributed by atoms with Crippen LogP contribution in [0.3, 0.4) is 0 Å². The Morgan fingerprint density at radius 3 is 2.81 bits per heavy atom. The maximum absolute atomic E-state index is 11.6. The van der Waals surface area contributed by atoms with Crippen LogP contribution in [-0.4, -0.2) is 23.5 Å². The van der Waals surface area contributed by atoms with Crippen molar-refractivity contribution in [1.29, 1.82) is 0 Å². The molecule has 0 aliphatic carbocycles. The molecule has 4 heteroatoms. The molecule has 0 fully saturated rings. The number of rotatable bonds is 5. The first-order chi connectivity index (χ1) is 7.59. The van der Waals surface area contributed by atoms with Gasteiger partial charge in [-0.3, -0.25) is 4.79 Å². The van der Waals surface area contributed by atoms with Gasteiger partial charge >= 0.3 is 0 Å². The van der Waals surface area contributed by atoms with Gasteiger partial charge in [0.15, 0.2) is 0 Å². The van der Waals surface area contributed by atoms with Crippen molar-refractivity contribution >= 4 is 23.4 Å². The standard InChI is InChI=1S/C12H18N2OS/c1-9-5-3-4-6-11(9)14-12(15)8-16-7-10(2)13/h3-6,10H,7-8,13H2,1-2H3,(H,14,15). The SMILES string of the molecule is Cc1ccccc1NC(=O)CSCC(C)N. The van der Waals surface area contributed by atoms with Crippen molar-refractivity contribution in [2.75, 3.05) is 16.8 Å². The Hall–Kier alpha value is -1.000. The van der Waals surface area contributed by atoms with E-state index in [1.54, 1.807) is 11.8 Å². The third kappa shape index (κ3) is 4.68. The largest absolute Gasteiger partial charge is 0.327 e. The smallest absolute Gasteiger partial charge is 0.234 e. The molecule has 0 saturated carbocycles. The number of aryl methyl sites for hydroxylation is 1. The molecule has 1 amide bonds. The molecule has 0 spiro atoms. The van der Waals surface area contributed by atoms with Crippen LogP contribution in [0.1, 0.15) is 12.5 Å². The van der Waals surface area contributed by atoms with Crippen LogP contribution < -0.4 is 11.1 Å². The molecule has 0 aliphatic heterocycles. The Balaban J connectivity index is 2.37. The number of anilines is 1. The highest BCUT2D eigenvalue weighted by molar-refractivity contribution is 8.00. The van der Waals surface area contributed by atoms with Crippen LogP contribution in [0.15, 0.2) is 24.3 Å². The van der Waals surface area contributed by atoms with E-state index in [-0.39, 0.29) is 11.9 Å². The number of nitrogens with two attached hydrogens (primary N) is 1. The summed E-state index contributed by atoms with van der Waals surface area (Å²) >= 11 is 1.56. The van der Waals surface area contributed by atoms with Gasteiger partial charge in [-0.1, -0.05) is 18.2 Å². The van der Waals surface area contributed by atoms with E-state index in [4.69, 9.17) is 5.73 Å². The van der Waals surface area contributed by atoms with Crippen LogP contribution in [-0.2, 0) is 4.79 Å². The van der Waals surface area contributed by atoms with Crippen molar-refractivity contribution in [3.05, 3.63) is 29.8 Å². The molecule has 3 N–H and O–H groups in total. The zero-order valence-electron chi connectivity index (χ0n) is 9.69. The number of thioether (sulfide) groups is 1. The molecule has 3 nitrogen and oxygen atoms in total. The number of carbonyl (C=O) groups excluding carboxylic acids is 1. The minimum atomic E-state index is 0.0277. The normalized spacial score (nSPS) is 12.2. The molecular weight excluding hydrogens is 220 g/mol. The predicted octanol–water partition coefficient (Wildman–Crippen LogP) is 2.01. The van der Waals surface area contributed by atoms with Crippen LogP contribution >= 0.6 is 11.8 Å². The predicted molar refractivity (Wildman–Crippen MR) is 70.8 cm³/mol. The summed E-state index contributed by atoms with van der Waals surface area (Å²) in [6.07, 6.45) is 0. The molecule has 0 radical (unpaired) electrons. The third-order valence-electron chi connectivity index (χ3n) is 2.03. The van der Waals surface area contributed by atoms with Crippen molar-refractivity contribution in [1.82, 2.24) is 0 Å². The van der Waals surface area contributed by atoms with Gasteiger partial charge in [-0.15, -0.1) is 0 Å². The van der Waals surface area contributed by atoms with E-state index < -0.39 is 0 Å². The molecular formula is C12H18N2OS. The summed E-state index contributed by atoms with van der Waals surface area (Å²) < 4.78 is 0. The fourth-order valence-corrected chi connectivity index (χ4v) is 1.98. The zero-order chi connectivity index (χ0) is 12.0. The summed E-state index contributed by atoms with van der Waals surface area (Å²) in [5.74, 6) is 1.29. The van der Waals surface area contributed by atoms with Gasteiger partial charge in [0, 0.05) is 17.5 Å². The summed E-state index contributed by atoms with van der Waals surface area (Å²) in [7, 11) is 0. The van der Waals surface area contributed by atoms with Crippen molar-refractivity contribution < 1.29 is 4.79 Å². The number of para-hydroxylation sites is 1. The van der Waals surface area contributed by atoms with Gasteiger partial charge in [0.2, 0.25) is 5.91 Å². The Morgan fingerprint density at radius 1 is 1.50 bits per heavy atom. The van der Waals surface area contributed by atoms with E-state index in [1.807, 2.05) is 38.1 Å². The quantitative estimate of drug-likeness (QED) is 0.825. The molecule has 1 aromatic rings. The van der Waals surface area contributed by atoms with Crippen molar-refractivity contribution in [3.63, 3.8) is 0 Å². The highest BCUT2D eigenvalue weighted by atomic mass is 32.2. The molecule has 0 aliphatic rings. The highest BCUT2D eigenvalue weighted by Crippen LogP contribution is 2.13. The van der Waals surface area contributed by atoms with Gasteiger partial charge in [-0.25, -0.2) is 0 Å². The summed E-state index contributed by atoms with van der Waals surface area (Å²) in [5, 5.41) is 2.88. The number of benzene rings is 1. The third-order valence-corrected chi connectivity index (χ3v) is 3.26. The maximum Gasteiger partial charge on any atom is 0.234 e. The summed E-state index contributed by atoms with van der Waals surface area (Å²) in [6, 6.07) is 7.89. The molecule has 1 aromatic carbocycles. The van der Waals surface area contributed by atoms with Crippen molar-refractivity contribution in [2.24, 2.45) is 5.73 Å². The van der Waals surface area contributed by atoms with E-state index in [0.717, 1.165) is 17.0 Å². The number of nitrogens with one attached hydrogen (secondary N) is 1. The first-order valence-electron chi connectivity index (χ1n) is 5.28. The first-order valence-corrected chi connectivity index (χ1v) is 6.44. The highest BCUT2D eigenvalue weighted by Gasteiger charge is 2.04. The lowest BCUT2D eigenvalue weighted by atomic mass is 10.2. The number of hydrogen-bond donors (Lipinski definition) is 2. The Labute approximate surface area is 101 Å². The van der Waals surface area contributed by atoms with E-state index in [2.05, 4.69) is 5.32 Å². The Kier molecular flexibility index (Phi) is 5.35. The molecule has 1 unspecified atom stereocenters. The first kappa shape index (κ1) is 13.1. The molecule has 0 heterocycles. The average molecular weight is 238 g/mol. The Morgan fingerprint density at radius 2 is 2.19 bits per heavy atom. The lowest BCUT2D eigenvalue weighted by Crippen LogP contribution is -2.20.